The van der Waals surface area contributed by atoms with Crippen LogP contribution in [0, 0.1) is 0 Å². The molecule has 0 radical (unpaired) electrons. The first-order valence-corrected chi connectivity index (χ1v) is 7.67. The largest absolute Gasteiger partial charge is 0.385 e. The third-order valence-corrected chi connectivity index (χ3v) is 3.46. The van der Waals surface area contributed by atoms with Gasteiger partial charge in [0.2, 0.25) is 5.95 Å². The number of nitrogens with zero attached hydrogens (tertiary/aromatic N) is 2. The number of anilines is 2. The zero-order chi connectivity index (χ0) is 16.7. The SMILES string of the molecule is COCCCNc1ncc(C(=O)Nc2cc(Cl)ccc2Cl)cn1. The second kappa shape index (κ2) is 8.67. The maximum absolute atomic E-state index is 12.2. The van der Waals surface area contributed by atoms with Gasteiger partial charge in [-0.1, -0.05) is 23.2 Å². The van der Waals surface area contributed by atoms with Crippen molar-refractivity contribution in [3.63, 3.8) is 0 Å². The number of halogens is 2. The van der Waals surface area contributed by atoms with Gasteiger partial charge in [0.25, 0.3) is 5.91 Å². The third kappa shape index (κ3) is 5.35. The Kier molecular flexibility index (Phi) is 6.58. The van der Waals surface area contributed by atoms with Crippen molar-refractivity contribution >= 4 is 40.7 Å². The number of hydrogen-bond donors (Lipinski definition) is 2. The minimum absolute atomic E-state index is 0.323. The van der Waals surface area contributed by atoms with Crippen molar-refractivity contribution in [3.8, 4) is 0 Å². The Labute approximate surface area is 144 Å². The van der Waals surface area contributed by atoms with Crippen molar-refractivity contribution < 1.29 is 9.53 Å². The monoisotopic (exact) mass is 354 g/mol. The fourth-order valence-corrected chi connectivity index (χ4v) is 2.08. The van der Waals surface area contributed by atoms with Crippen LogP contribution in [0.3, 0.4) is 0 Å². The predicted molar refractivity (Wildman–Crippen MR) is 91.4 cm³/mol. The van der Waals surface area contributed by atoms with Crippen molar-refractivity contribution in [2.24, 2.45) is 0 Å². The average Bonchev–Trinajstić information content (AvgIpc) is 2.55. The number of ether oxygens (including phenoxy) is 1. The number of methoxy groups -OCH3 is 1. The number of nitrogens with one attached hydrogen (secondary N) is 2. The molecule has 0 unspecified atom stereocenters. The standard InChI is InChI=1S/C15H16Cl2N4O2/c1-23-6-2-5-18-15-19-8-10(9-20-15)14(22)21-13-7-11(16)3-4-12(13)17/h3-4,7-9H,2,5-6H2,1H3,(H,21,22)(H,18,19,20). The first-order chi connectivity index (χ1) is 11.1. The smallest absolute Gasteiger partial charge is 0.258 e. The molecule has 122 valence electrons. The molecule has 0 aliphatic heterocycles. The zero-order valence-corrected chi connectivity index (χ0v) is 14.0. The van der Waals surface area contributed by atoms with Crippen LogP contribution in [-0.2, 0) is 4.74 Å². The highest BCUT2D eigenvalue weighted by molar-refractivity contribution is 6.35. The van der Waals surface area contributed by atoms with Crippen LogP contribution in [0.2, 0.25) is 10.0 Å². The van der Waals surface area contributed by atoms with Gasteiger partial charge in [0, 0.05) is 37.7 Å². The summed E-state index contributed by atoms with van der Waals surface area (Å²) in [6.45, 7) is 1.35. The Morgan fingerprint density at radius 2 is 2.00 bits per heavy atom. The lowest BCUT2D eigenvalue weighted by Crippen LogP contribution is -2.14. The lowest BCUT2D eigenvalue weighted by Gasteiger charge is -2.08. The van der Waals surface area contributed by atoms with E-state index >= 15 is 0 Å². The van der Waals surface area contributed by atoms with Gasteiger partial charge < -0.3 is 15.4 Å². The van der Waals surface area contributed by atoms with Crippen molar-refractivity contribution in [1.82, 2.24) is 9.97 Å². The van der Waals surface area contributed by atoms with Gasteiger partial charge in [0.05, 0.1) is 16.3 Å². The fraction of sp³-hybridized carbons (Fsp3) is 0.267. The van der Waals surface area contributed by atoms with E-state index in [0.29, 0.717) is 40.4 Å². The molecule has 0 saturated heterocycles. The molecule has 1 aromatic carbocycles. The first kappa shape index (κ1) is 17.5. The molecule has 0 spiro atoms. The van der Waals surface area contributed by atoms with Crippen LogP contribution in [-0.4, -0.2) is 36.1 Å². The molecular formula is C15H16Cl2N4O2. The number of hydrogen-bond acceptors (Lipinski definition) is 5. The third-order valence-electron chi connectivity index (χ3n) is 2.90. The quantitative estimate of drug-likeness (QED) is 0.744. The molecule has 2 rings (SSSR count). The maximum Gasteiger partial charge on any atom is 0.258 e. The van der Waals surface area contributed by atoms with E-state index in [1.54, 1.807) is 25.3 Å². The minimum atomic E-state index is -0.361. The summed E-state index contributed by atoms with van der Waals surface area (Å²) in [6, 6.07) is 4.84. The lowest BCUT2D eigenvalue weighted by atomic mass is 10.2. The van der Waals surface area contributed by atoms with Gasteiger partial charge in [-0.25, -0.2) is 9.97 Å². The highest BCUT2D eigenvalue weighted by atomic mass is 35.5. The Hall–Kier alpha value is -1.89. The highest BCUT2D eigenvalue weighted by Crippen LogP contribution is 2.25. The fourth-order valence-electron chi connectivity index (χ4n) is 1.74. The first-order valence-electron chi connectivity index (χ1n) is 6.91. The Bertz CT molecular complexity index is 665. The summed E-state index contributed by atoms with van der Waals surface area (Å²) in [5, 5.41) is 6.60. The topological polar surface area (TPSA) is 76.1 Å². The van der Waals surface area contributed by atoms with Crippen LogP contribution in [0.5, 0.6) is 0 Å². The molecule has 2 N–H and O–H groups in total. The molecule has 1 amide bonds. The van der Waals surface area contributed by atoms with Crippen molar-refractivity contribution in [3.05, 3.63) is 46.2 Å². The Balaban J connectivity index is 1.96. The van der Waals surface area contributed by atoms with Gasteiger partial charge in [-0.15, -0.1) is 0 Å². The van der Waals surface area contributed by atoms with Crippen LogP contribution in [0.25, 0.3) is 0 Å². The van der Waals surface area contributed by atoms with E-state index in [4.69, 9.17) is 27.9 Å². The summed E-state index contributed by atoms with van der Waals surface area (Å²) in [7, 11) is 1.65. The summed E-state index contributed by atoms with van der Waals surface area (Å²) in [4.78, 5) is 20.4. The van der Waals surface area contributed by atoms with E-state index in [1.807, 2.05) is 0 Å². The molecule has 0 aliphatic rings. The van der Waals surface area contributed by atoms with Gasteiger partial charge in [-0.05, 0) is 24.6 Å². The van der Waals surface area contributed by atoms with Crippen molar-refractivity contribution in [2.45, 2.75) is 6.42 Å². The number of benzene rings is 1. The minimum Gasteiger partial charge on any atom is -0.385 e. The number of carbonyl (C=O) groups excluding carboxylic acids is 1. The van der Waals surface area contributed by atoms with Gasteiger partial charge >= 0.3 is 0 Å². The number of amides is 1. The molecule has 6 nitrogen and oxygen atoms in total. The van der Waals surface area contributed by atoms with E-state index in [0.717, 1.165) is 6.42 Å². The summed E-state index contributed by atoms with van der Waals surface area (Å²) < 4.78 is 4.95. The molecule has 0 atom stereocenters. The van der Waals surface area contributed by atoms with Crippen LogP contribution >= 0.6 is 23.2 Å². The van der Waals surface area contributed by atoms with Gasteiger partial charge in [-0.3, -0.25) is 4.79 Å². The average molecular weight is 355 g/mol. The zero-order valence-electron chi connectivity index (χ0n) is 12.5. The van der Waals surface area contributed by atoms with Gasteiger partial charge in [0.15, 0.2) is 0 Å². The van der Waals surface area contributed by atoms with E-state index in [1.165, 1.54) is 12.4 Å². The highest BCUT2D eigenvalue weighted by Gasteiger charge is 2.10. The molecule has 23 heavy (non-hydrogen) atoms. The van der Waals surface area contributed by atoms with E-state index in [9.17, 15) is 4.79 Å². The second-order valence-electron chi connectivity index (χ2n) is 4.65. The summed E-state index contributed by atoms with van der Waals surface area (Å²) in [5.41, 5.74) is 0.759. The van der Waals surface area contributed by atoms with Crippen LogP contribution in [0.15, 0.2) is 30.6 Å². The van der Waals surface area contributed by atoms with Crippen molar-refractivity contribution in [1.29, 1.82) is 0 Å². The predicted octanol–water partition coefficient (Wildman–Crippen LogP) is 3.48. The second-order valence-corrected chi connectivity index (χ2v) is 5.49. The van der Waals surface area contributed by atoms with E-state index in [2.05, 4.69) is 20.6 Å². The molecule has 0 aliphatic carbocycles. The maximum atomic E-state index is 12.2. The van der Waals surface area contributed by atoms with Crippen LogP contribution < -0.4 is 10.6 Å². The molecule has 2 aromatic rings. The molecule has 8 heteroatoms. The Morgan fingerprint density at radius 1 is 1.26 bits per heavy atom. The number of carbonyl (C=O) groups is 1. The number of aromatic nitrogens is 2. The van der Waals surface area contributed by atoms with Crippen LogP contribution in [0.1, 0.15) is 16.8 Å². The summed E-state index contributed by atoms with van der Waals surface area (Å²) in [6.07, 6.45) is 3.73. The summed E-state index contributed by atoms with van der Waals surface area (Å²) in [5.74, 6) is 0.0959. The molecule has 1 aromatic heterocycles. The molecular weight excluding hydrogens is 339 g/mol. The molecule has 1 heterocycles. The van der Waals surface area contributed by atoms with Crippen LogP contribution in [0.4, 0.5) is 11.6 Å². The van der Waals surface area contributed by atoms with E-state index in [-0.39, 0.29) is 5.91 Å². The van der Waals surface area contributed by atoms with Gasteiger partial charge in [-0.2, -0.15) is 0 Å². The molecule has 0 fully saturated rings. The molecule has 0 saturated carbocycles. The van der Waals surface area contributed by atoms with E-state index < -0.39 is 0 Å². The lowest BCUT2D eigenvalue weighted by molar-refractivity contribution is 0.102. The summed E-state index contributed by atoms with van der Waals surface area (Å²) >= 11 is 11.9. The Morgan fingerprint density at radius 3 is 2.70 bits per heavy atom. The number of rotatable bonds is 7. The molecule has 0 bridgehead atoms. The normalized spacial score (nSPS) is 10.4. The van der Waals surface area contributed by atoms with Crippen molar-refractivity contribution in [2.75, 3.05) is 30.9 Å². The van der Waals surface area contributed by atoms with Gasteiger partial charge in [0.1, 0.15) is 0 Å².